The molecular formula is C16H32ClNO. The Balaban J connectivity index is 3.82. The molecule has 0 aromatic rings. The molecule has 0 spiro atoms. The zero-order chi connectivity index (χ0) is 14.7. The molecule has 3 heteroatoms. The van der Waals surface area contributed by atoms with Gasteiger partial charge in [-0.25, -0.2) is 0 Å². The van der Waals surface area contributed by atoms with E-state index in [9.17, 15) is 4.79 Å². The second kappa shape index (κ2) is 10.5. The van der Waals surface area contributed by atoms with Gasteiger partial charge in [-0.3, -0.25) is 4.79 Å². The summed E-state index contributed by atoms with van der Waals surface area (Å²) in [5.41, 5.74) is 0.0751. The fourth-order valence-electron chi connectivity index (χ4n) is 2.16. The second-order valence-corrected chi connectivity index (χ2v) is 6.86. The third-order valence-electron chi connectivity index (χ3n) is 3.54. The first-order chi connectivity index (χ1) is 8.91. The molecule has 0 bridgehead atoms. The van der Waals surface area contributed by atoms with Crippen LogP contribution in [-0.4, -0.2) is 17.8 Å². The molecule has 1 amide bonds. The summed E-state index contributed by atoms with van der Waals surface area (Å²) in [6.07, 6.45) is 8.81. The standard InChI is InChI=1S/C16H32ClNO/c1-5-6-7-8-9-10-11-15(19)18-14(12-13-17)16(2,3)4/h14H,5-13H2,1-4H3,(H,18,19). The van der Waals surface area contributed by atoms with Crippen LogP contribution in [0.3, 0.4) is 0 Å². The van der Waals surface area contributed by atoms with Crippen LogP contribution in [0.2, 0.25) is 0 Å². The number of unbranched alkanes of at least 4 members (excludes halogenated alkanes) is 5. The van der Waals surface area contributed by atoms with E-state index in [1.807, 2.05) is 0 Å². The molecular weight excluding hydrogens is 258 g/mol. The smallest absolute Gasteiger partial charge is 0.220 e. The molecule has 0 saturated carbocycles. The first-order valence-corrected chi connectivity index (χ1v) is 8.30. The van der Waals surface area contributed by atoms with Gasteiger partial charge in [0.25, 0.3) is 0 Å². The Hall–Kier alpha value is -0.240. The third-order valence-corrected chi connectivity index (χ3v) is 3.75. The van der Waals surface area contributed by atoms with Crippen LogP contribution < -0.4 is 5.32 Å². The van der Waals surface area contributed by atoms with Crippen molar-refractivity contribution < 1.29 is 4.79 Å². The van der Waals surface area contributed by atoms with E-state index in [4.69, 9.17) is 11.6 Å². The fourth-order valence-corrected chi connectivity index (χ4v) is 2.38. The lowest BCUT2D eigenvalue weighted by Gasteiger charge is -2.31. The van der Waals surface area contributed by atoms with Crippen LogP contribution in [0.1, 0.15) is 79.1 Å². The molecule has 0 aliphatic carbocycles. The minimum atomic E-state index is 0.0751. The van der Waals surface area contributed by atoms with Crippen molar-refractivity contribution in [1.82, 2.24) is 5.32 Å². The maximum atomic E-state index is 11.9. The molecule has 0 aromatic heterocycles. The van der Waals surface area contributed by atoms with Gasteiger partial charge in [0.15, 0.2) is 0 Å². The van der Waals surface area contributed by atoms with Gasteiger partial charge in [-0.05, 0) is 18.3 Å². The highest BCUT2D eigenvalue weighted by Crippen LogP contribution is 2.22. The van der Waals surface area contributed by atoms with Crippen molar-refractivity contribution in [1.29, 1.82) is 0 Å². The van der Waals surface area contributed by atoms with Crippen LogP contribution >= 0.6 is 11.6 Å². The molecule has 114 valence electrons. The maximum Gasteiger partial charge on any atom is 0.220 e. The van der Waals surface area contributed by atoms with Gasteiger partial charge < -0.3 is 5.32 Å². The highest BCUT2D eigenvalue weighted by atomic mass is 35.5. The Morgan fingerprint density at radius 3 is 2.21 bits per heavy atom. The monoisotopic (exact) mass is 289 g/mol. The van der Waals surface area contributed by atoms with Crippen LogP contribution in [0, 0.1) is 5.41 Å². The third kappa shape index (κ3) is 10.2. The Labute approximate surface area is 124 Å². The molecule has 0 heterocycles. The first-order valence-electron chi connectivity index (χ1n) is 7.77. The molecule has 0 rings (SSSR count). The first kappa shape index (κ1) is 18.8. The topological polar surface area (TPSA) is 29.1 Å². The van der Waals surface area contributed by atoms with E-state index in [-0.39, 0.29) is 17.4 Å². The van der Waals surface area contributed by atoms with Crippen LogP contribution in [0.4, 0.5) is 0 Å². The molecule has 0 fully saturated rings. The van der Waals surface area contributed by atoms with Crippen molar-refractivity contribution in [2.75, 3.05) is 5.88 Å². The van der Waals surface area contributed by atoms with E-state index in [2.05, 4.69) is 33.0 Å². The number of hydrogen-bond acceptors (Lipinski definition) is 1. The van der Waals surface area contributed by atoms with Crippen LogP contribution in [0.5, 0.6) is 0 Å². The minimum Gasteiger partial charge on any atom is -0.353 e. The lowest BCUT2D eigenvalue weighted by Crippen LogP contribution is -2.43. The lowest BCUT2D eigenvalue weighted by atomic mass is 9.85. The van der Waals surface area contributed by atoms with Gasteiger partial charge in [-0.15, -0.1) is 11.6 Å². The van der Waals surface area contributed by atoms with Crippen molar-refractivity contribution >= 4 is 17.5 Å². The predicted molar refractivity (Wildman–Crippen MR) is 84.7 cm³/mol. The summed E-state index contributed by atoms with van der Waals surface area (Å²) >= 11 is 5.81. The fraction of sp³-hybridized carbons (Fsp3) is 0.938. The van der Waals surface area contributed by atoms with Crippen molar-refractivity contribution in [3.63, 3.8) is 0 Å². The van der Waals surface area contributed by atoms with Crippen LogP contribution in [0.15, 0.2) is 0 Å². The molecule has 0 aliphatic rings. The Kier molecular flexibility index (Phi) is 10.4. The molecule has 0 aliphatic heterocycles. The van der Waals surface area contributed by atoms with E-state index in [0.717, 1.165) is 12.8 Å². The van der Waals surface area contributed by atoms with Crippen molar-refractivity contribution in [2.45, 2.75) is 85.1 Å². The minimum absolute atomic E-state index is 0.0751. The molecule has 1 N–H and O–H groups in total. The quantitative estimate of drug-likeness (QED) is 0.450. The largest absolute Gasteiger partial charge is 0.353 e. The van der Waals surface area contributed by atoms with E-state index in [0.29, 0.717) is 12.3 Å². The Bertz CT molecular complexity index is 235. The number of carbonyl (C=O) groups excluding carboxylic acids is 1. The summed E-state index contributed by atoms with van der Waals surface area (Å²) in [4.78, 5) is 11.9. The van der Waals surface area contributed by atoms with Gasteiger partial charge in [0, 0.05) is 18.3 Å². The number of amides is 1. The van der Waals surface area contributed by atoms with Crippen molar-refractivity contribution in [3.05, 3.63) is 0 Å². The van der Waals surface area contributed by atoms with E-state index in [1.54, 1.807) is 0 Å². The van der Waals surface area contributed by atoms with Gasteiger partial charge >= 0.3 is 0 Å². The summed E-state index contributed by atoms with van der Waals surface area (Å²) in [5.74, 6) is 0.778. The van der Waals surface area contributed by atoms with Gasteiger partial charge in [0.05, 0.1) is 0 Å². The summed E-state index contributed by atoms with van der Waals surface area (Å²) in [6, 6.07) is 0.178. The van der Waals surface area contributed by atoms with Gasteiger partial charge in [-0.1, -0.05) is 59.8 Å². The van der Waals surface area contributed by atoms with E-state index < -0.39 is 0 Å². The summed E-state index contributed by atoms with van der Waals surface area (Å²) in [7, 11) is 0. The van der Waals surface area contributed by atoms with Crippen molar-refractivity contribution in [2.24, 2.45) is 5.41 Å². The van der Waals surface area contributed by atoms with Gasteiger partial charge in [0.1, 0.15) is 0 Å². The second-order valence-electron chi connectivity index (χ2n) is 6.48. The molecule has 1 unspecified atom stereocenters. The number of nitrogens with one attached hydrogen (secondary N) is 1. The average molecular weight is 290 g/mol. The Morgan fingerprint density at radius 2 is 1.68 bits per heavy atom. The Morgan fingerprint density at radius 1 is 1.11 bits per heavy atom. The van der Waals surface area contributed by atoms with E-state index in [1.165, 1.54) is 32.1 Å². The number of rotatable bonds is 10. The van der Waals surface area contributed by atoms with Gasteiger partial charge in [-0.2, -0.15) is 0 Å². The highest BCUT2D eigenvalue weighted by molar-refractivity contribution is 6.17. The summed E-state index contributed by atoms with van der Waals surface area (Å²) < 4.78 is 0. The predicted octanol–water partition coefficient (Wildman–Crippen LogP) is 4.90. The SMILES string of the molecule is CCCCCCCCC(=O)NC(CCCl)C(C)(C)C. The number of halogens is 1. The zero-order valence-electron chi connectivity index (χ0n) is 13.2. The molecule has 0 aromatic carbocycles. The van der Waals surface area contributed by atoms with Crippen LogP contribution in [-0.2, 0) is 4.79 Å². The van der Waals surface area contributed by atoms with Crippen molar-refractivity contribution in [3.8, 4) is 0 Å². The zero-order valence-corrected chi connectivity index (χ0v) is 14.0. The number of alkyl halides is 1. The lowest BCUT2D eigenvalue weighted by molar-refractivity contribution is -0.122. The molecule has 2 nitrogen and oxygen atoms in total. The highest BCUT2D eigenvalue weighted by Gasteiger charge is 2.25. The van der Waals surface area contributed by atoms with E-state index >= 15 is 0 Å². The van der Waals surface area contributed by atoms with Crippen LogP contribution in [0.25, 0.3) is 0 Å². The molecule has 1 atom stereocenters. The number of carbonyl (C=O) groups is 1. The molecule has 0 radical (unpaired) electrons. The summed E-state index contributed by atoms with van der Waals surface area (Å²) in [5, 5.41) is 3.14. The van der Waals surface area contributed by atoms with Gasteiger partial charge in [0.2, 0.25) is 5.91 Å². The maximum absolute atomic E-state index is 11.9. The number of hydrogen-bond donors (Lipinski definition) is 1. The molecule has 0 saturated heterocycles. The average Bonchev–Trinajstić information content (AvgIpc) is 2.32. The normalized spacial score (nSPS) is 13.3. The molecule has 19 heavy (non-hydrogen) atoms. The summed E-state index contributed by atoms with van der Waals surface area (Å²) in [6.45, 7) is 8.66.